The van der Waals surface area contributed by atoms with Gasteiger partial charge in [-0.2, -0.15) is 0 Å². The molecule has 0 atom stereocenters. The molecule has 0 unspecified atom stereocenters. The van der Waals surface area contributed by atoms with Crippen LogP contribution in [-0.4, -0.2) is 60.8 Å². The predicted molar refractivity (Wildman–Crippen MR) is 113 cm³/mol. The Morgan fingerprint density at radius 3 is 2.54 bits per heavy atom. The van der Waals surface area contributed by atoms with Crippen LogP contribution in [0.4, 0.5) is 4.79 Å². The standard InChI is InChI=1S/C22H31ClN2O3/c1-3-25(15-16-26)14-4-5-18-6-8-19(9-7-18)17-24(2)22(27)28-21-12-10-20(23)11-13-21/h10-13,18-19,26H,3,6-9,14-17H2,1-2H3. The smallest absolute Gasteiger partial charge is 0.410 e. The van der Waals surface area contributed by atoms with Crippen molar-refractivity contribution in [2.45, 2.75) is 32.6 Å². The van der Waals surface area contributed by atoms with E-state index in [1.54, 1.807) is 36.2 Å². The lowest BCUT2D eigenvalue weighted by molar-refractivity contribution is 0.148. The van der Waals surface area contributed by atoms with Crippen LogP contribution in [0.25, 0.3) is 0 Å². The van der Waals surface area contributed by atoms with Gasteiger partial charge in [-0.05, 0) is 62.4 Å². The molecule has 5 nitrogen and oxygen atoms in total. The summed E-state index contributed by atoms with van der Waals surface area (Å²) in [5.41, 5.74) is 0. The van der Waals surface area contributed by atoms with E-state index >= 15 is 0 Å². The van der Waals surface area contributed by atoms with E-state index in [9.17, 15) is 4.79 Å². The third kappa shape index (κ3) is 7.71. The zero-order chi connectivity index (χ0) is 20.4. The maximum atomic E-state index is 12.2. The van der Waals surface area contributed by atoms with E-state index < -0.39 is 0 Å². The van der Waals surface area contributed by atoms with Gasteiger partial charge in [0, 0.05) is 31.1 Å². The topological polar surface area (TPSA) is 53.0 Å². The van der Waals surface area contributed by atoms with Gasteiger partial charge in [-0.15, -0.1) is 0 Å². The lowest BCUT2D eigenvalue weighted by Crippen LogP contribution is -2.35. The van der Waals surface area contributed by atoms with Gasteiger partial charge in [-0.3, -0.25) is 4.90 Å². The lowest BCUT2D eigenvalue weighted by Gasteiger charge is -2.29. The summed E-state index contributed by atoms with van der Waals surface area (Å²) in [6, 6.07) is 6.79. The van der Waals surface area contributed by atoms with Crippen molar-refractivity contribution in [3.05, 3.63) is 29.3 Å². The number of hydrogen-bond donors (Lipinski definition) is 1. The first kappa shape index (κ1) is 22.5. The number of aliphatic hydroxyl groups excluding tert-OH is 1. The Labute approximate surface area is 173 Å². The minimum Gasteiger partial charge on any atom is -0.410 e. The fourth-order valence-electron chi connectivity index (χ4n) is 3.42. The molecule has 1 aliphatic carbocycles. The Morgan fingerprint density at radius 1 is 1.25 bits per heavy atom. The average molecular weight is 407 g/mol. The van der Waals surface area contributed by atoms with Crippen LogP contribution in [0.2, 0.25) is 5.02 Å². The van der Waals surface area contributed by atoms with Crippen LogP contribution < -0.4 is 4.74 Å². The predicted octanol–water partition coefficient (Wildman–Crippen LogP) is 3.89. The van der Waals surface area contributed by atoms with Gasteiger partial charge in [0.1, 0.15) is 5.75 Å². The number of hydrogen-bond acceptors (Lipinski definition) is 4. The van der Waals surface area contributed by atoms with Crippen LogP contribution in [0, 0.1) is 23.7 Å². The highest BCUT2D eigenvalue weighted by Crippen LogP contribution is 2.29. The summed E-state index contributed by atoms with van der Waals surface area (Å²) >= 11 is 5.85. The summed E-state index contributed by atoms with van der Waals surface area (Å²) in [5, 5.41) is 9.63. The van der Waals surface area contributed by atoms with Gasteiger partial charge in [0.2, 0.25) is 0 Å². The Morgan fingerprint density at radius 2 is 1.93 bits per heavy atom. The van der Waals surface area contributed by atoms with E-state index in [4.69, 9.17) is 21.4 Å². The Hall–Kier alpha value is -1.74. The number of benzene rings is 1. The summed E-state index contributed by atoms with van der Waals surface area (Å²) in [6.45, 7) is 5.26. The molecule has 1 fully saturated rings. The molecule has 1 aromatic rings. The van der Waals surface area contributed by atoms with Crippen molar-refractivity contribution in [1.29, 1.82) is 0 Å². The molecule has 0 radical (unpaired) electrons. The molecular weight excluding hydrogens is 376 g/mol. The number of carbonyl (C=O) groups excluding carboxylic acids is 1. The Bertz CT molecular complexity index is 661. The maximum Gasteiger partial charge on any atom is 0.414 e. The molecule has 1 aromatic carbocycles. The molecule has 0 heterocycles. The molecule has 0 spiro atoms. The average Bonchev–Trinajstić information content (AvgIpc) is 2.70. The summed E-state index contributed by atoms with van der Waals surface area (Å²) in [5.74, 6) is 8.09. The van der Waals surface area contributed by atoms with Crippen molar-refractivity contribution in [3.63, 3.8) is 0 Å². The highest BCUT2D eigenvalue weighted by Gasteiger charge is 2.23. The summed E-state index contributed by atoms with van der Waals surface area (Å²) in [7, 11) is 1.78. The van der Waals surface area contributed by atoms with E-state index in [-0.39, 0.29) is 12.7 Å². The molecular formula is C22H31ClN2O3. The van der Waals surface area contributed by atoms with E-state index in [0.717, 1.165) is 38.8 Å². The Balaban J connectivity index is 1.71. The third-order valence-electron chi connectivity index (χ3n) is 5.18. The van der Waals surface area contributed by atoms with E-state index in [0.29, 0.717) is 35.7 Å². The van der Waals surface area contributed by atoms with Crippen molar-refractivity contribution in [2.24, 2.45) is 11.8 Å². The maximum absolute atomic E-state index is 12.2. The van der Waals surface area contributed by atoms with Crippen molar-refractivity contribution in [1.82, 2.24) is 9.80 Å². The molecule has 2 rings (SSSR count). The second-order valence-corrected chi connectivity index (χ2v) is 7.77. The first-order valence-corrected chi connectivity index (χ1v) is 10.4. The van der Waals surface area contributed by atoms with Crippen molar-refractivity contribution in [2.75, 3.05) is 39.8 Å². The SMILES string of the molecule is CCN(CC#CC1CCC(CN(C)C(=O)Oc2ccc(Cl)cc2)CC1)CCO. The summed E-state index contributed by atoms with van der Waals surface area (Å²) in [6.07, 6.45) is 3.96. The fraction of sp³-hybridized carbons (Fsp3) is 0.591. The zero-order valence-corrected chi connectivity index (χ0v) is 17.6. The molecule has 1 aliphatic rings. The fourth-order valence-corrected chi connectivity index (χ4v) is 3.55. The van der Waals surface area contributed by atoms with Crippen LogP contribution in [0.15, 0.2) is 24.3 Å². The second-order valence-electron chi connectivity index (χ2n) is 7.33. The van der Waals surface area contributed by atoms with Crippen LogP contribution >= 0.6 is 11.6 Å². The van der Waals surface area contributed by atoms with E-state index in [1.165, 1.54) is 0 Å². The number of carbonyl (C=O) groups is 1. The first-order chi connectivity index (χ1) is 13.5. The molecule has 6 heteroatoms. The highest BCUT2D eigenvalue weighted by molar-refractivity contribution is 6.30. The number of amides is 1. The molecule has 0 aromatic heterocycles. The number of halogens is 1. The molecule has 0 bridgehead atoms. The van der Waals surface area contributed by atoms with Gasteiger partial charge in [-0.25, -0.2) is 4.79 Å². The van der Waals surface area contributed by atoms with Gasteiger partial charge >= 0.3 is 6.09 Å². The monoisotopic (exact) mass is 406 g/mol. The number of nitrogens with zero attached hydrogens (tertiary/aromatic N) is 2. The van der Waals surface area contributed by atoms with Crippen LogP contribution in [0.5, 0.6) is 5.75 Å². The van der Waals surface area contributed by atoms with Crippen molar-refractivity contribution >= 4 is 17.7 Å². The molecule has 0 aliphatic heterocycles. The van der Waals surface area contributed by atoms with Gasteiger partial charge in [0.25, 0.3) is 0 Å². The van der Waals surface area contributed by atoms with Crippen molar-refractivity contribution in [3.8, 4) is 17.6 Å². The molecule has 28 heavy (non-hydrogen) atoms. The number of rotatable bonds is 7. The van der Waals surface area contributed by atoms with E-state index in [2.05, 4.69) is 23.7 Å². The minimum atomic E-state index is -0.340. The summed E-state index contributed by atoms with van der Waals surface area (Å²) < 4.78 is 5.38. The highest BCUT2D eigenvalue weighted by atomic mass is 35.5. The van der Waals surface area contributed by atoms with E-state index in [1.807, 2.05) is 0 Å². The summed E-state index contributed by atoms with van der Waals surface area (Å²) in [4.78, 5) is 16.0. The van der Waals surface area contributed by atoms with Crippen molar-refractivity contribution < 1.29 is 14.6 Å². The number of aliphatic hydroxyl groups is 1. The molecule has 1 N–H and O–H groups in total. The second kappa shape index (κ2) is 12.0. The Kier molecular flexibility index (Phi) is 9.63. The molecule has 0 saturated heterocycles. The molecule has 154 valence electrons. The zero-order valence-electron chi connectivity index (χ0n) is 16.9. The van der Waals surface area contributed by atoms with Gasteiger partial charge < -0.3 is 14.7 Å². The van der Waals surface area contributed by atoms with Gasteiger partial charge in [0.15, 0.2) is 0 Å². The van der Waals surface area contributed by atoms with Crippen LogP contribution in [0.1, 0.15) is 32.6 Å². The quantitative estimate of drug-likeness (QED) is 0.698. The largest absolute Gasteiger partial charge is 0.414 e. The number of likely N-dealkylation sites (N-methyl/N-ethyl adjacent to an activating group) is 1. The lowest BCUT2D eigenvalue weighted by atomic mass is 9.82. The molecule has 1 amide bonds. The number of ether oxygens (including phenoxy) is 1. The minimum absolute atomic E-state index is 0.175. The van der Waals surface area contributed by atoms with Crippen LogP contribution in [0.3, 0.4) is 0 Å². The van der Waals surface area contributed by atoms with Crippen LogP contribution in [-0.2, 0) is 0 Å². The van der Waals surface area contributed by atoms with Gasteiger partial charge in [0.05, 0.1) is 13.2 Å². The normalized spacial score (nSPS) is 19.0. The third-order valence-corrected chi connectivity index (χ3v) is 5.43. The first-order valence-electron chi connectivity index (χ1n) is 10.0. The van der Waals surface area contributed by atoms with Gasteiger partial charge in [-0.1, -0.05) is 30.4 Å². The molecule has 1 saturated carbocycles.